The van der Waals surface area contributed by atoms with E-state index in [9.17, 15) is 22.4 Å². The standard InChI is InChI=1S/C32H35F5N8O3/c1-14-21(32(35,36)37)17(11-18(38)22(14)33)24-23(34)25-20-27(45-12-16-5-6-19(39-16)26(45)15(2)48-28(20)40-24)42-30(41-25)47-13-31-7-4-8-44(31)10-9-43(3)29(31)46/h11,15-16,19,26,39H,4-10,12-13,38H2,1-3H3/t15-,16+,19-,26+,31-/m0/s1. The van der Waals surface area contributed by atoms with E-state index >= 15 is 4.39 Å². The van der Waals surface area contributed by atoms with Crippen LogP contribution in [-0.2, 0) is 11.0 Å². The molecule has 4 fully saturated rings. The Kier molecular flexibility index (Phi) is 6.98. The van der Waals surface area contributed by atoms with Crippen LogP contribution in [0.2, 0.25) is 0 Å². The van der Waals surface area contributed by atoms with E-state index in [1.165, 1.54) is 0 Å². The highest BCUT2D eigenvalue weighted by molar-refractivity contribution is 5.98. The summed E-state index contributed by atoms with van der Waals surface area (Å²) in [4.78, 5) is 32.8. The highest BCUT2D eigenvalue weighted by Crippen LogP contribution is 2.47. The number of anilines is 2. The fraction of sp³-hybridized carbons (Fsp3) is 0.562. The molecule has 0 unspecified atom stereocenters. The summed E-state index contributed by atoms with van der Waals surface area (Å²) in [5.74, 6) is -2.40. The second-order valence-electron chi connectivity index (χ2n) is 13.6. The van der Waals surface area contributed by atoms with Gasteiger partial charge in [0, 0.05) is 44.3 Å². The zero-order valence-corrected chi connectivity index (χ0v) is 26.6. The quantitative estimate of drug-likeness (QED) is 0.314. The van der Waals surface area contributed by atoms with Crippen LogP contribution in [0.5, 0.6) is 11.9 Å². The number of hydrogen-bond acceptors (Lipinski definition) is 10. The van der Waals surface area contributed by atoms with Crippen LogP contribution in [0, 0.1) is 18.6 Å². The number of likely N-dealkylation sites (N-methyl/N-ethyl adjacent to an activating group) is 1. The van der Waals surface area contributed by atoms with Gasteiger partial charge in [0.15, 0.2) is 5.82 Å². The van der Waals surface area contributed by atoms with Crippen molar-refractivity contribution in [2.75, 3.05) is 50.5 Å². The molecule has 2 bridgehead atoms. The lowest BCUT2D eigenvalue weighted by Crippen LogP contribution is -2.64. The normalized spacial score (nSPS) is 28.4. The van der Waals surface area contributed by atoms with E-state index in [2.05, 4.69) is 20.2 Å². The van der Waals surface area contributed by atoms with E-state index in [1.807, 2.05) is 11.8 Å². The van der Waals surface area contributed by atoms with E-state index in [0.717, 1.165) is 38.8 Å². The van der Waals surface area contributed by atoms with Crippen LogP contribution in [0.15, 0.2) is 6.07 Å². The predicted molar refractivity (Wildman–Crippen MR) is 165 cm³/mol. The summed E-state index contributed by atoms with van der Waals surface area (Å²) < 4.78 is 87.5. The molecule has 8 rings (SSSR count). The molecule has 48 heavy (non-hydrogen) atoms. The Bertz CT molecular complexity index is 1860. The van der Waals surface area contributed by atoms with Crippen LogP contribution in [0.25, 0.3) is 22.2 Å². The number of alkyl halides is 3. The Morgan fingerprint density at radius 3 is 2.71 bits per heavy atom. The molecule has 0 radical (unpaired) electrons. The maximum atomic E-state index is 16.9. The third-order valence-electron chi connectivity index (χ3n) is 10.8. The first-order valence-electron chi connectivity index (χ1n) is 16.2. The molecular weight excluding hydrogens is 639 g/mol. The highest BCUT2D eigenvalue weighted by atomic mass is 19.4. The first kappa shape index (κ1) is 31.2. The fourth-order valence-electron chi connectivity index (χ4n) is 8.54. The van der Waals surface area contributed by atoms with E-state index in [1.54, 1.807) is 11.9 Å². The SMILES string of the molecule is Cc1c(F)c(N)cc(-c2nc3c4c(nc(OC[C@]56CCCN5CCN(C)C6=O)nc4c2F)N2C[C@H]4CC[C@H](N4)[C@H]2[C@H](C)O3)c1C(F)(F)F. The third kappa shape index (κ3) is 4.51. The summed E-state index contributed by atoms with van der Waals surface area (Å²) in [6.07, 6.45) is -2.48. The van der Waals surface area contributed by atoms with Gasteiger partial charge in [-0.3, -0.25) is 9.69 Å². The number of nitrogens with two attached hydrogens (primary N) is 1. The molecule has 4 saturated heterocycles. The predicted octanol–water partition coefficient (Wildman–Crippen LogP) is 3.65. The topological polar surface area (TPSA) is 122 Å². The lowest BCUT2D eigenvalue weighted by atomic mass is 9.93. The monoisotopic (exact) mass is 674 g/mol. The molecule has 5 aliphatic rings. The number of benzene rings is 1. The van der Waals surface area contributed by atoms with Crippen LogP contribution in [0.1, 0.15) is 43.7 Å². The number of fused-ring (bicyclic) bond motifs is 6. The van der Waals surface area contributed by atoms with Crippen LogP contribution < -0.4 is 25.4 Å². The minimum Gasteiger partial charge on any atom is -0.472 e. The number of halogens is 5. The summed E-state index contributed by atoms with van der Waals surface area (Å²) >= 11 is 0. The number of carbonyl (C=O) groups excluding carboxylic acids is 1. The molecular formula is C32H35F5N8O3. The summed E-state index contributed by atoms with van der Waals surface area (Å²) in [5, 5.41) is 3.69. The molecule has 11 nitrogen and oxygen atoms in total. The lowest BCUT2D eigenvalue weighted by Gasteiger charge is -2.44. The molecule has 0 aliphatic carbocycles. The Morgan fingerprint density at radius 1 is 1.15 bits per heavy atom. The number of hydrogen-bond donors (Lipinski definition) is 2. The average molecular weight is 675 g/mol. The van der Waals surface area contributed by atoms with Crippen molar-refractivity contribution in [1.29, 1.82) is 0 Å². The number of carbonyl (C=O) groups is 1. The Labute approximate surface area is 272 Å². The third-order valence-corrected chi connectivity index (χ3v) is 10.8. The van der Waals surface area contributed by atoms with Gasteiger partial charge in [0.2, 0.25) is 11.8 Å². The van der Waals surface area contributed by atoms with Gasteiger partial charge < -0.3 is 30.3 Å². The van der Waals surface area contributed by atoms with Crippen LogP contribution in [0.3, 0.4) is 0 Å². The van der Waals surface area contributed by atoms with Gasteiger partial charge in [-0.15, -0.1) is 0 Å². The van der Waals surface area contributed by atoms with Crippen molar-refractivity contribution in [2.45, 2.75) is 75.5 Å². The summed E-state index contributed by atoms with van der Waals surface area (Å²) in [7, 11) is 1.74. The van der Waals surface area contributed by atoms with Crippen molar-refractivity contribution in [3.8, 4) is 23.1 Å². The molecule has 256 valence electrons. The Hall–Kier alpha value is -4.05. The van der Waals surface area contributed by atoms with Gasteiger partial charge in [0.25, 0.3) is 0 Å². The molecule has 5 aliphatic heterocycles. The number of piperazine rings is 2. The first-order chi connectivity index (χ1) is 22.8. The van der Waals surface area contributed by atoms with Crippen molar-refractivity contribution in [3.63, 3.8) is 0 Å². The van der Waals surface area contributed by atoms with Gasteiger partial charge in [-0.1, -0.05) is 0 Å². The van der Waals surface area contributed by atoms with Crippen molar-refractivity contribution >= 4 is 28.3 Å². The number of nitrogens with one attached hydrogen (secondary N) is 1. The minimum absolute atomic E-state index is 0.00414. The van der Waals surface area contributed by atoms with E-state index < -0.39 is 57.5 Å². The smallest absolute Gasteiger partial charge is 0.417 e. The summed E-state index contributed by atoms with van der Waals surface area (Å²) in [6, 6.07) is 0.367. The molecule has 7 heterocycles. The summed E-state index contributed by atoms with van der Waals surface area (Å²) in [6.45, 7) is 5.16. The van der Waals surface area contributed by atoms with Crippen LogP contribution in [0.4, 0.5) is 33.5 Å². The zero-order chi connectivity index (χ0) is 33.9. The number of pyridine rings is 1. The largest absolute Gasteiger partial charge is 0.472 e. The van der Waals surface area contributed by atoms with Crippen LogP contribution >= 0.6 is 0 Å². The van der Waals surface area contributed by atoms with Crippen molar-refractivity contribution < 1.29 is 36.2 Å². The van der Waals surface area contributed by atoms with Gasteiger partial charge in [0.1, 0.15) is 46.5 Å². The van der Waals surface area contributed by atoms with E-state index in [4.69, 9.17) is 20.2 Å². The average Bonchev–Trinajstić information content (AvgIpc) is 3.61. The van der Waals surface area contributed by atoms with Gasteiger partial charge >= 0.3 is 12.2 Å². The van der Waals surface area contributed by atoms with Gasteiger partial charge in [0.05, 0.1) is 17.3 Å². The first-order valence-corrected chi connectivity index (χ1v) is 16.2. The molecule has 0 saturated carbocycles. The number of aromatic nitrogens is 3. The Morgan fingerprint density at radius 2 is 1.94 bits per heavy atom. The van der Waals surface area contributed by atoms with E-state index in [0.29, 0.717) is 26.1 Å². The molecule has 0 spiro atoms. The molecule has 3 aromatic rings. The molecule has 5 atom stereocenters. The molecule has 1 aromatic carbocycles. The molecule has 3 N–H and O–H groups in total. The van der Waals surface area contributed by atoms with Crippen molar-refractivity contribution in [2.24, 2.45) is 0 Å². The number of amides is 1. The van der Waals surface area contributed by atoms with Crippen molar-refractivity contribution in [3.05, 3.63) is 28.8 Å². The van der Waals surface area contributed by atoms with Gasteiger partial charge in [-0.2, -0.15) is 23.1 Å². The maximum absolute atomic E-state index is 16.9. The van der Waals surface area contributed by atoms with Gasteiger partial charge in [-0.05, 0) is 57.7 Å². The van der Waals surface area contributed by atoms with Crippen LogP contribution in [-0.4, -0.2) is 100 Å². The second kappa shape index (κ2) is 10.7. The zero-order valence-electron chi connectivity index (χ0n) is 26.6. The minimum atomic E-state index is -5.07. The van der Waals surface area contributed by atoms with Crippen molar-refractivity contribution in [1.82, 2.24) is 30.1 Å². The maximum Gasteiger partial charge on any atom is 0.417 e. The summed E-state index contributed by atoms with van der Waals surface area (Å²) in [5.41, 5.74) is 0.209. The highest BCUT2D eigenvalue weighted by Gasteiger charge is 2.52. The molecule has 2 aromatic heterocycles. The fourth-order valence-corrected chi connectivity index (χ4v) is 8.54. The number of nitrogen functional groups attached to an aromatic ring is 1. The van der Waals surface area contributed by atoms with Gasteiger partial charge in [-0.25, -0.2) is 13.8 Å². The number of rotatable bonds is 4. The second-order valence-corrected chi connectivity index (χ2v) is 13.6. The lowest BCUT2D eigenvalue weighted by molar-refractivity contribution is -0.149. The Balaban J connectivity index is 1.33. The molecule has 16 heteroatoms. The number of nitrogens with zero attached hydrogens (tertiary/aromatic N) is 6. The van der Waals surface area contributed by atoms with E-state index in [-0.39, 0.29) is 59.3 Å². The number of ether oxygens (including phenoxy) is 2. The molecule has 1 amide bonds.